The van der Waals surface area contributed by atoms with Crippen molar-refractivity contribution in [1.82, 2.24) is 9.47 Å². The Morgan fingerprint density at radius 1 is 1.19 bits per heavy atom. The molecule has 1 aromatic heterocycles. The van der Waals surface area contributed by atoms with Gasteiger partial charge in [0, 0.05) is 31.0 Å². The predicted octanol–water partition coefficient (Wildman–Crippen LogP) is 4.25. The summed E-state index contributed by atoms with van der Waals surface area (Å²) < 4.78 is 7.44. The van der Waals surface area contributed by atoms with Gasteiger partial charge in [0.15, 0.2) is 0 Å². The van der Waals surface area contributed by atoms with Gasteiger partial charge in [0.2, 0.25) is 0 Å². The molecule has 4 nitrogen and oxygen atoms in total. The first kappa shape index (κ1) is 20.2. The fourth-order valence-electron chi connectivity index (χ4n) is 3.10. The molecule has 0 spiro atoms. The molecule has 0 unspecified atom stereocenters. The van der Waals surface area contributed by atoms with E-state index in [1.54, 1.807) is 0 Å². The van der Waals surface area contributed by atoms with Gasteiger partial charge in [-0.2, -0.15) is 0 Å². The summed E-state index contributed by atoms with van der Waals surface area (Å²) in [5.41, 5.74) is 3.77. The molecule has 0 radical (unpaired) electrons. The standard InChI is InChI=1S/C22H32N2O2/c1-6-26-22(25)16-24(19(5)17(2)3)15-21-11-8-12-23(21)14-20-10-7-9-18(4)13-20/h7-13,17,19H,6,14-16H2,1-5H3/t19-/m0/s1. The Morgan fingerprint density at radius 2 is 1.96 bits per heavy atom. The molecule has 2 rings (SSSR count). The van der Waals surface area contributed by atoms with Crippen molar-refractivity contribution in [2.24, 2.45) is 5.92 Å². The summed E-state index contributed by atoms with van der Waals surface area (Å²) in [6.07, 6.45) is 2.11. The molecule has 142 valence electrons. The molecular weight excluding hydrogens is 324 g/mol. The summed E-state index contributed by atoms with van der Waals surface area (Å²) >= 11 is 0. The van der Waals surface area contributed by atoms with Crippen LogP contribution in [0, 0.1) is 12.8 Å². The van der Waals surface area contributed by atoms with Gasteiger partial charge in [-0.1, -0.05) is 43.7 Å². The van der Waals surface area contributed by atoms with Gasteiger partial charge in [-0.05, 0) is 44.4 Å². The molecule has 4 heteroatoms. The van der Waals surface area contributed by atoms with E-state index in [0.29, 0.717) is 25.1 Å². The maximum Gasteiger partial charge on any atom is 0.320 e. The van der Waals surface area contributed by atoms with Crippen molar-refractivity contribution in [1.29, 1.82) is 0 Å². The first-order valence-corrected chi connectivity index (χ1v) is 9.50. The normalized spacial score (nSPS) is 12.6. The average molecular weight is 357 g/mol. The number of carbonyl (C=O) groups excluding carboxylic acids is 1. The van der Waals surface area contributed by atoms with Crippen LogP contribution >= 0.6 is 0 Å². The van der Waals surface area contributed by atoms with Crippen LogP contribution in [0.25, 0.3) is 0 Å². The topological polar surface area (TPSA) is 34.5 Å². The molecule has 0 aliphatic rings. The van der Waals surface area contributed by atoms with E-state index >= 15 is 0 Å². The van der Waals surface area contributed by atoms with Gasteiger partial charge in [-0.25, -0.2) is 0 Å². The van der Waals surface area contributed by atoms with Crippen LogP contribution < -0.4 is 0 Å². The van der Waals surface area contributed by atoms with Crippen LogP contribution in [0.3, 0.4) is 0 Å². The molecule has 26 heavy (non-hydrogen) atoms. The Bertz CT molecular complexity index is 706. The van der Waals surface area contributed by atoms with Crippen molar-refractivity contribution in [3.05, 3.63) is 59.4 Å². The second-order valence-electron chi connectivity index (χ2n) is 7.31. The summed E-state index contributed by atoms with van der Waals surface area (Å²) in [6, 6.07) is 13.1. The maximum absolute atomic E-state index is 12.1. The molecule has 0 saturated heterocycles. The Labute approximate surface area is 157 Å². The Balaban J connectivity index is 2.15. The molecule has 2 aromatic rings. The minimum absolute atomic E-state index is 0.156. The highest BCUT2D eigenvalue weighted by atomic mass is 16.5. The van der Waals surface area contributed by atoms with Gasteiger partial charge in [-0.15, -0.1) is 0 Å². The van der Waals surface area contributed by atoms with E-state index in [-0.39, 0.29) is 5.97 Å². The minimum atomic E-state index is -0.156. The second-order valence-corrected chi connectivity index (χ2v) is 7.31. The molecule has 0 aliphatic heterocycles. The smallest absolute Gasteiger partial charge is 0.320 e. The summed E-state index contributed by atoms with van der Waals surface area (Å²) in [5.74, 6) is 0.307. The largest absolute Gasteiger partial charge is 0.465 e. The van der Waals surface area contributed by atoms with E-state index in [2.05, 4.69) is 79.8 Å². The molecule has 1 atom stereocenters. The highest BCUT2D eigenvalue weighted by molar-refractivity contribution is 5.71. The van der Waals surface area contributed by atoms with E-state index in [1.807, 2.05) is 6.92 Å². The number of aryl methyl sites for hydroxylation is 1. The number of carbonyl (C=O) groups is 1. The third-order valence-corrected chi connectivity index (χ3v) is 4.90. The lowest BCUT2D eigenvalue weighted by Crippen LogP contribution is -2.40. The molecule has 0 fully saturated rings. The molecule has 1 aromatic carbocycles. The lowest BCUT2D eigenvalue weighted by Gasteiger charge is -2.31. The zero-order chi connectivity index (χ0) is 19.1. The fourth-order valence-corrected chi connectivity index (χ4v) is 3.10. The van der Waals surface area contributed by atoms with E-state index in [1.165, 1.54) is 16.8 Å². The minimum Gasteiger partial charge on any atom is -0.465 e. The number of benzene rings is 1. The van der Waals surface area contributed by atoms with Crippen molar-refractivity contribution in [2.45, 2.75) is 53.8 Å². The van der Waals surface area contributed by atoms with Crippen LogP contribution in [0.1, 0.15) is 44.5 Å². The average Bonchev–Trinajstić information content (AvgIpc) is 3.00. The molecular formula is C22H32N2O2. The van der Waals surface area contributed by atoms with E-state index < -0.39 is 0 Å². The summed E-state index contributed by atoms with van der Waals surface area (Å²) in [4.78, 5) is 14.3. The predicted molar refractivity (Wildman–Crippen MR) is 106 cm³/mol. The Hall–Kier alpha value is -2.07. The second kappa shape index (κ2) is 9.58. The van der Waals surface area contributed by atoms with Crippen molar-refractivity contribution in [3.63, 3.8) is 0 Å². The highest BCUT2D eigenvalue weighted by Crippen LogP contribution is 2.17. The van der Waals surface area contributed by atoms with Crippen molar-refractivity contribution in [3.8, 4) is 0 Å². The van der Waals surface area contributed by atoms with E-state index in [0.717, 1.165) is 13.1 Å². The maximum atomic E-state index is 12.1. The van der Waals surface area contributed by atoms with Crippen LogP contribution in [-0.4, -0.2) is 34.6 Å². The van der Waals surface area contributed by atoms with Gasteiger partial charge < -0.3 is 9.30 Å². The number of hydrogen-bond acceptors (Lipinski definition) is 3. The van der Waals surface area contributed by atoms with Crippen LogP contribution in [0.15, 0.2) is 42.6 Å². The summed E-state index contributed by atoms with van der Waals surface area (Å²) in [7, 11) is 0. The highest BCUT2D eigenvalue weighted by Gasteiger charge is 2.22. The summed E-state index contributed by atoms with van der Waals surface area (Å²) in [5, 5.41) is 0. The first-order valence-electron chi connectivity index (χ1n) is 9.50. The lowest BCUT2D eigenvalue weighted by molar-refractivity contribution is -0.145. The van der Waals surface area contributed by atoms with Crippen LogP contribution in [0.2, 0.25) is 0 Å². The number of aromatic nitrogens is 1. The van der Waals surface area contributed by atoms with Crippen LogP contribution in [0.5, 0.6) is 0 Å². The zero-order valence-corrected chi connectivity index (χ0v) is 16.7. The fraction of sp³-hybridized carbons (Fsp3) is 0.500. The first-order chi connectivity index (χ1) is 12.4. The van der Waals surface area contributed by atoms with Crippen molar-refractivity contribution in [2.75, 3.05) is 13.2 Å². The quantitative estimate of drug-likeness (QED) is 0.630. The molecule has 0 amide bonds. The number of esters is 1. The van der Waals surface area contributed by atoms with Crippen molar-refractivity contribution < 1.29 is 9.53 Å². The van der Waals surface area contributed by atoms with E-state index in [4.69, 9.17) is 4.74 Å². The molecule has 0 aliphatic carbocycles. The Morgan fingerprint density at radius 3 is 2.62 bits per heavy atom. The monoisotopic (exact) mass is 356 g/mol. The molecule has 0 N–H and O–H groups in total. The summed E-state index contributed by atoms with van der Waals surface area (Å²) in [6.45, 7) is 12.8. The third kappa shape index (κ3) is 5.73. The van der Waals surface area contributed by atoms with Gasteiger partial charge >= 0.3 is 5.97 Å². The SMILES string of the molecule is CCOC(=O)CN(Cc1cccn1Cc1cccc(C)c1)[C@@H](C)C(C)C. The third-order valence-electron chi connectivity index (χ3n) is 4.90. The van der Waals surface area contributed by atoms with Gasteiger partial charge in [0.1, 0.15) is 0 Å². The van der Waals surface area contributed by atoms with E-state index in [9.17, 15) is 4.79 Å². The Kier molecular flexibility index (Phi) is 7.46. The van der Waals surface area contributed by atoms with Gasteiger partial charge in [0.05, 0.1) is 13.2 Å². The number of nitrogens with zero attached hydrogens (tertiary/aromatic N) is 2. The van der Waals surface area contributed by atoms with Gasteiger partial charge in [0.25, 0.3) is 0 Å². The number of rotatable bonds is 9. The van der Waals surface area contributed by atoms with Crippen LogP contribution in [-0.2, 0) is 22.6 Å². The van der Waals surface area contributed by atoms with Crippen molar-refractivity contribution >= 4 is 5.97 Å². The zero-order valence-electron chi connectivity index (χ0n) is 16.7. The van der Waals surface area contributed by atoms with Crippen LogP contribution in [0.4, 0.5) is 0 Å². The molecule has 1 heterocycles. The molecule has 0 bridgehead atoms. The number of ether oxygens (including phenoxy) is 1. The number of hydrogen-bond donors (Lipinski definition) is 0. The van der Waals surface area contributed by atoms with Gasteiger partial charge in [-0.3, -0.25) is 9.69 Å². The lowest BCUT2D eigenvalue weighted by atomic mass is 10.0. The molecule has 0 saturated carbocycles.